The lowest BCUT2D eigenvalue weighted by Crippen LogP contribution is -2.51. The fourth-order valence-electron chi connectivity index (χ4n) is 5.17. The number of halogens is 3. The van der Waals surface area contributed by atoms with Gasteiger partial charge in [-0.25, -0.2) is 14.3 Å². The fraction of sp³-hybridized carbons (Fsp3) is 0.414. The van der Waals surface area contributed by atoms with Crippen LogP contribution in [0.5, 0.6) is 11.5 Å². The highest BCUT2D eigenvalue weighted by Gasteiger charge is 2.37. The lowest BCUT2D eigenvalue weighted by atomic mass is 10.0. The molecule has 0 radical (unpaired) electrons. The van der Waals surface area contributed by atoms with Crippen molar-refractivity contribution in [3.05, 3.63) is 65.5 Å². The lowest BCUT2D eigenvalue weighted by Gasteiger charge is -2.40. The number of alkyl halides is 3. The summed E-state index contributed by atoms with van der Waals surface area (Å²) in [6.45, 7) is 8.10. The zero-order chi connectivity index (χ0) is 30.2. The standard InChI is InChI=1S/C29H32F3N5O5/c1-28(2,3)42-27(40)36-16-14-35(15-17-36)21-12-13-33-24-23(21)34-37(25(24)26(38)39)18-8-10-19(11-9-18)41-22-7-5-4-6-20(22)29(30,31)32/h4-11,21,33H,12-17H2,1-3H3,(H,38,39). The molecule has 5 rings (SSSR count). The number of benzene rings is 2. The molecule has 42 heavy (non-hydrogen) atoms. The maximum absolute atomic E-state index is 13.4. The van der Waals surface area contributed by atoms with Gasteiger partial charge in [0.15, 0.2) is 5.69 Å². The molecule has 3 aromatic rings. The van der Waals surface area contributed by atoms with Gasteiger partial charge in [-0.3, -0.25) is 4.90 Å². The number of anilines is 1. The number of piperazine rings is 1. The van der Waals surface area contributed by atoms with Crippen molar-refractivity contribution < 1.29 is 37.3 Å². The van der Waals surface area contributed by atoms with Gasteiger partial charge in [0.1, 0.15) is 22.8 Å². The van der Waals surface area contributed by atoms with Crippen LogP contribution in [-0.4, -0.2) is 75.1 Å². The molecule has 0 aliphatic carbocycles. The molecular weight excluding hydrogens is 555 g/mol. The Bertz CT molecular complexity index is 1460. The van der Waals surface area contributed by atoms with Gasteiger partial charge in [0, 0.05) is 32.7 Å². The first-order chi connectivity index (χ1) is 19.8. The van der Waals surface area contributed by atoms with Crippen molar-refractivity contribution >= 4 is 17.7 Å². The molecule has 224 valence electrons. The largest absolute Gasteiger partial charge is 0.476 e. The van der Waals surface area contributed by atoms with Gasteiger partial charge in [-0.2, -0.15) is 18.3 Å². The van der Waals surface area contributed by atoms with E-state index < -0.39 is 23.3 Å². The van der Waals surface area contributed by atoms with Crippen molar-refractivity contribution in [1.29, 1.82) is 0 Å². The van der Waals surface area contributed by atoms with Gasteiger partial charge in [-0.15, -0.1) is 0 Å². The number of fused-ring (bicyclic) bond motifs is 1. The zero-order valence-corrected chi connectivity index (χ0v) is 23.4. The Balaban J connectivity index is 1.37. The molecule has 1 saturated heterocycles. The molecule has 3 heterocycles. The van der Waals surface area contributed by atoms with Gasteiger partial charge >= 0.3 is 18.2 Å². The first-order valence-corrected chi connectivity index (χ1v) is 13.6. The van der Waals surface area contributed by atoms with Crippen LogP contribution in [0.4, 0.5) is 23.7 Å². The number of aromatic nitrogens is 2. The lowest BCUT2D eigenvalue weighted by molar-refractivity contribution is -0.138. The van der Waals surface area contributed by atoms with E-state index >= 15 is 0 Å². The molecule has 0 bridgehead atoms. The summed E-state index contributed by atoms with van der Waals surface area (Å²) >= 11 is 0. The van der Waals surface area contributed by atoms with Crippen LogP contribution in [0, 0.1) is 0 Å². The van der Waals surface area contributed by atoms with Crippen molar-refractivity contribution in [3.8, 4) is 17.2 Å². The van der Waals surface area contributed by atoms with Crippen molar-refractivity contribution in [1.82, 2.24) is 19.6 Å². The van der Waals surface area contributed by atoms with Crippen LogP contribution in [-0.2, 0) is 10.9 Å². The Kier molecular flexibility index (Phi) is 7.80. The Hall–Kier alpha value is -4.26. The molecule has 0 saturated carbocycles. The third-order valence-electron chi connectivity index (χ3n) is 7.06. The van der Waals surface area contributed by atoms with Gasteiger partial charge < -0.3 is 24.8 Å². The van der Waals surface area contributed by atoms with E-state index in [1.54, 1.807) is 17.0 Å². The van der Waals surface area contributed by atoms with E-state index in [0.717, 1.165) is 6.07 Å². The molecule has 2 aromatic carbocycles. The minimum Gasteiger partial charge on any atom is -0.476 e. The number of amides is 1. The van der Waals surface area contributed by atoms with Crippen LogP contribution in [0.15, 0.2) is 48.5 Å². The number of para-hydroxylation sites is 1. The van der Waals surface area contributed by atoms with Gasteiger partial charge in [0.05, 0.1) is 23.0 Å². The summed E-state index contributed by atoms with van der Waals surface area (Å²) in [7, 11) is 0. The number of nitrogens with zero attached hydrogens (tertiary/aromatic N) is 4. The summed E-state index contributed by atoms with van der Waals surface area (Å²) in [5.41, 5.74) is -0.106. The monoisotopic (exact) mass is 587 g/mol. The first-order valence-electron chi connectivity index (χ1n) is 13.6. The normalized spacial score (nSPS) is 17.8. The summed E-state index contributed by atoms with van der Waals surface area (Å²) in [5, 5.41) is 18.0. The highest BCUT2D eigenvalue weighted by molar-refractivity contribution is 5.94. The molecule has 13 heteroatoms. The Morgan fingerprint density at radius 3 is 2.29 bits per heavy atom. The number of aromatic carboxylic acids is 1. The molecule has 2 N–H and O–H groups in total. The minimum absolute atomic E-state index is 0.0434. The maximum atomic E-state index is 13.4. The summed E-state index contributed by atoms with van der Waals surface area (Å²) in [5.74, 6) is -1.36. The van der Waals surface area contributed by atoms with E-state index in [2.05, 4.69) is 10.2 Å². The van der Waals surface area contributed by atoms with E-state index in [1.165, 1.54) is 35.0 Å². The number of carboxylic acids is 1. The van der Waals surface area contributed by atoms with Crippen molar-refractivity contribution in [2.24, 2.45) is 0 Å². The van der Waals surface area contributed by atoms with E-state index in [9.17, 15) is 27.9 Å². The summed E-state index contributed by atoms with van der Waals surface area (Å²) < 4.78 is 52.4. The number of carbonyl (C=O) groups is 2. The van der Waals surface area contributed by atoms with Crippen LogP contribution in [0.2, 0.25) is 0 Å². The van der Waals surface area contributed by atoms with Gasteiger partial charge in [0.2, 0.25) is 0 Å². The topological polar surface area (TPSA) is 109 Å². The van der Waals surface area contributed by atoms with E-state index in [-0.39, 0.29) is 29.3 Å². The van der Waals surface area contributed by atoms with E-state index in [1.807, 2.05) is 20.8 Å². The number of hydrogen-bond acceptors (Lipinski definition) is 7. The highest BCUT2D eigenvalue weighted by atomic mass is 19.4. The molecule has 1 unspecified atom stereocenters. The molecular formula is C29H32F3N5O5. The van der Waals surface area contributed by atoms with E-state index in [0.29, 0.717) is 56.2 Å². The fourth-order valence-corrected chi connectivity index (χ4v) is 5.17. The second-order valence-corrected chi connectivity index (χ2v) is 11.2. The molecule has 1 amide bonds. The van der Waals surface area contributed by atoms with Gasteiger partial charge in [0.25, 0.3) is 0 Å². The molecule has 1 atom stereocenters. The number of carbonyl (C=O) groups excluding carboxylic acids is 1. The predicted octanol–water partition coefficient (Wildman–Crippen LogP) is 5.79. The molecule has 1 aromatic heterocycles. The smallest absolute Gasteiger partial charge is 0.419 e. The quantitative estimate of drug-likeness (QED) is 0.386. The maximum Gasteiger partial charge on any atom is 0.419 e. The zero-order valence-electron chi connectivity index (χ0n) is 23.4. The van der Waals surface area contributed by atoms with Crippen LogP contribution in [0.25, 0.3) is 5.69 Å². The molecule has 2 aliphatic heterocycles. The van der Waals surface area contributed by atoms with Gasteiger partial charge in [-0.05, 0) is 63.6 Å². The average Bonchev–Trinajstić information content (AvgIpc) is 3.33. The molecule has 10 nitrogen and oxygen atoms in total. The number of nitrogens with one attached hydrogen (secondary N) is 1. The second-order valence-electron chi connectivity index (χ2n) is 11.2. The molecule has 0 spiro atoms. The summed E-state index contributed by atoms with van der Waals surface area (Å²) in [4.78, 5) is 28.7. The third-order valence-corrected chi connectivity index (χ3v) is 7.06. The minimum atomic E-state index is -4.58. The Morgan fingerprint density at radius 2 is 1.67 bits per heavy atom. The molecule has 1 fully saturated rings. The third kappa shape index (κ3) is 6.15. The van der Waals surface area contributed by atoms with Crippen LogP contribution in [0.3, 0.4) is 0 Å². The summed E-state index contributed by atoms with van der Waals surface area (Å²) in [6.07, 6.45) is -4.24. The number of rotatable bonds is 5. The van der Waals surface area contributed by atoms with Crippen molar-refractivity contribution in [2.75, 3.05) is 38.0 Å². The van der Waals surface area contributed by atoms with Crippen LogP contribution < -0.4 is 10.1 Å². The molecule has 2 aliphatic rings. The summed E-state index contributed by atoms with van der Waals surface area (Å²) in [6, 6.07) is 10.8. The van der Waals surface area contributed by atoms with Crippen LogP contribution >= 0.6 is 0 Å². The first kappa shape index (κ1) is 29.2. The SMILES string of the molecule is CC(C)(C)OC(=O)N1CCN(C2CCNc3c2nn(-c2ccc(Oc4ccccc4C(F)(F)F)cc2)c3C(=O)O)CC1. The van der Waals surface area contributed by atoms with Crippen molar-refractivity contribution in [3.63, 3.8) is 0 Å². The highest BCUT2D eigenvalue weighted by Crippen LogP contribution is 2.39. The van der Waals surface area contributed by atoms with Gasteiger partial charge in [-0.1, -0.05) is 12.1 Å². The second kappa shape index (κ2) is 11.2. The van der Waals surface area contributed by atoms with Crippen LogP contribution in [0.1, 0.15) is 55.0 Å². The Labute approximate surface area is 240 Å². The van der Waals surface area contributed by atoms with E-state index in [4.69, 9.17) is 14.6 Å². The number of carboxylic acid groups (broad SMARTS) is 1. The Morgan fingerprint density at radius 1 is 1.00 bits per heavy atom. The number of hydrogen-bond donors (Lipinski definition) is 2. The predicted molar refractivity (Wildman–Crippen MR) is 147 cm³/mol. The number of ether oxygens (including phenoxy) is 2. The van der Waals surface area contributed by atoms with Crippen molar-refractivity contribution in [2.45, 2.75) is 45.0 Å². The average molecular weight is 588 g/mol.